The molecule has 1 aliphatic heterocycles. The Bertz CT molecular complexity index is 413. The summed E-state index contributed by atoms with van der Waals surface area (Å²) in [4.78, 5) is 2.39. The van der Waals surface area contributed by atoms with Crippen molar-refractivity contribution in [3.8, 4) is 5.75 Å². The van der Waals surface area contributed by atoms with Gasteiger partial charge >= 0.3 is 0 Å². The predicted molar refractivity (Wildman–Crippen MR) is 75.2 cm³/mol. The van der Waals surface area contributed by atoms with Crippen LogP contribution in [0.15, 0.2) is 12.1 Å². The predicted octanol–water partition coefficient (Wildman–Crippen LogP) is 1.96. The summed E-state index contributed by atoms with van der Waals surface area (Å²) in [7, 11) is 3.94. The molecule has 1 aromatic carbocycles. The first kappa shape index (κ1) is 13.4. The van der Waals surface area contributed by atoms with Crippen molar-refractivity contribution in [1.29, 1.82) is 0 Å². The summed E-state index contributed by atoms with van der Waals surface area (Å²) in [5.41, 5.74) is 3.92. The third-order valence-corrected chi connectivity index (χ3v) is 3.77. The van der Waals surface area contributed by atoms with Crippen LogP contribution in [0.25, 0.3) is 0 Å². The van der Waals surface area contributed by atoms with Crippen LogP contribution < -0.4 is 10.1 Å². The highest BCUT2D eigenvalue weighted by molar-refractivity contribution is 5.41. The van der Waals surface area contributed by atoms with Gasteiger partial charge in [0.1, 0.15) is 5.75 Å². The molecule has 2 rings (SSSR count). The largest absolute Gasteiger partial charge is 0.496 e. The minimum atomic E-state index is 0.813. The monoisotopic (exact) mass is 248 g/mol. The van der Waals surface area contributed by atoms with Crippen LogP contribution in [0.4, 0.5) is 0 Å². The lowest BCUT2D eigenvalue weighted by Gasteiger charge is -2.31. The molecule has 1 heterocycles. The molecular weight excluding hydrogens is 224 g/mol. The van der Waals surface area contributed by atoms with E-state index in [-0.39, 0.29) is 0 Å². The number of rotatable bonds is 5. The fourth-order valence-electron chi connectivity index (χ4n) is 2.44. The SMILES string of the molecule is COc1cc(C)c(C)cc1CN(C)CC1CNC1. The first-order valence-corrected chi connectivity index (χ1v) is 6.63. The van der Waals surface area contributed by atoms with Crippen molar-refractivity contribution in [3.05, 3.63) is 28.8 Å². The van der Waals surface area contributed by atoms with Crippen LogP contribution in [-0.4, -0.2) is 38.7 Å². The molecule has 1 aromatic rings. The van der Waals surface area contributed by atoms with Crippen LogP contribution in [0.2, 0.25) is 0 Å². The van der Waals surface area contributed by atoms with E-state index in [1.165, 1.54) is 16.7 Å². The number of aryl methyl sites for hydroxylation is 2. The summed E-state index contributed by atoms with van der Waals surface area (Å²) in [5, 5.41) is 3.32. The van der Waals surface area contributed by atoms with Gasteiger partial charge in [-0.1, -0.05) is 6.07 Å². The maximum atomic E-state index is 5.49. The normalized spacial score (nSPS) is 15.8. The van der Waals surface area contributed by atoms with Crippen LogP contribution in [0, 0.1) is 19.8 Å². The molecule has 0 unspecified atom stereocenters. The summed E-state index contributed by atoms with van der Waals surface area (Å²) in [6.07, 6.45) is 0. The van der Waals surface area contributed by atoms with Gasteiger partial charge in [0, 0.05) is 31.7 Å². The number of methoxy groups -OCH3 is 1. The van der Waals surface area contributed by atoms with Gasteiger partial charge < -0.3 is 15.0 Å². The van der Waals surface area contributed by atoms with Gasteiger partial charge in [-0.25, -0.2) is 0 Å². The first-order valence-electron chi connectivity index (χ1n) is 6.63. The third-order valence-electron chi connectivity index (χ3n) is 3.77. The maximum absolute atomic E-state index is 5.49. The third kappa shape index (κ3) is 3.03. The highest BCUT2D eigenvalue weighted by Crippen LogP contribution is 2.24. The standard InChI is InChI=1S/C15H24N2O/c1-11-5-14(15(18-4)6-12(11)2)10-17(3)9-13-7-16-8-13/h5-6,13,16H,7-10H2,1-4H3. The van der Waals surface area contributed by atoms with Gasteiger partial charge in [0.2, 0.25) is 0 Å². The van der Waals surface area contributed by atoms with Crippen molar-refractivity contribution in [3.63, 3.8) is 0 Å². The van der Waals surface area contributed by atoms with Gasteiger partial charge in [-0.05, 0) is 44.0 Å². The molecule has 1 aliphatic rings. The van der Waals surface area contributed by atoms with Crippen LogP contribution in [-0.2, 0) is 6.54 Å². The zero-order chi connectivity index (χ0) is 13.1. The molecule has 0 radical (unpaired) electrons. The van der Waals surface area contributed by atoms with E-state index < -0.39 is 0 Å². The number of nitrogens with zero attached hydrogens (tertiary/aromatic N) is 1. The van der Waals surface area contributed by atoms with Crippen molar-refractivity contribution in [2.75, 3.05) is 33.8 Å². The fraction of sp³-hybridized carbons (Fsp3) is 0.600. The summed E-state index contributed by atoms with van der Waals surface area (Å²) in [6.45, 7) is 8.73. The Kier molecular flexibility index (Phi) is 4.25. The molecule has 0 aliphatic carbocycles. The van der Waals surface area contributed by atoms with Crippen molar-refractivity contribution in [2.45, 2.75) is 20.4 Å². The van der Waals surface area contributed by atoms with Gasteiger partial charge in [0.15, 0.2) is 0 Å². The van der Waals surface area contributed by atoms with E-state index in [1.807, 2.05) is 0 Å². The van der Waals surface area contributed by atoms with Crippen molar-refractivity contribution in [2.24, 2.45) is 5.92 Å². The smallest absolute Gasteiger partial charge is 0.123 e. The number of hydrogen-bond acceptors (Lipinski definition) is 3. The lowest BCUT2D eigenvalue weighted by Crippen LogP contribution is -2.47. The Morgan fingerprint density at radius 1 is 1.28 bits per heavy atom. The van der Waals surface area contributed by atoms with Gasteiger partial charge in [0.25, 0.3) is 0 Å². The van der Waals surface area contributed by atoms with Crippen LogP contribution in [0.1, 0.15) is 16.7 Å². The van der Waals surface area contributed by atoms with E-state index in [9.17, 15) is 0 Å². The van der Waals surface area contributed by atoms with Gasteiger partial charge in [-0.15, -0.1) is 0 Å². The minimum Gasteiger partial charge on any atom is -0.496 e. The highest BCUT2D eigenvalue weighted by Gasteiger charge is 2.19. The zero-order valence-electron chi connectivity index (χ0n) is 11.9. The highest BCUT2D eigenvalue weighted by atomic mass is 16.5. The molecule has 0 atom stereocenters. The molecule has 3 heteroatoms. The molecule has 0 spiro atoms. The zero-order valence-corrected chi connectivity index (χ0v) is 11.9. The average molecular weight is 248 g/mol. The Morgan fingerprint density at radius 3 is 2.50 bits per heavy atom. The second kappa shape index (κ2) is 5.72. The van der Waals surface area contributed by atoms with Gasteiger partial charge in [0.05, 0.1) is 7.11 Å². The minimum absolute atomic E-state index is 0.813. The number of ether oxygens (including phenoxy) is 1. The van der Waals surface area contributed by atoms with E-state index in [2.05, 4.69) is 43.2 Å². The van der Waals surface area contributed by atoms with E-state index in [0.29, 0.717) is 0 Å². The molecule has 0 aromatic heterocycles. The van der Waals surface area contributed by atoms with Crippen molar-refractivity contribution in [1.82, 2.24) is 10.2 Å². The fourth-order valence-corrected chi connectivity index (χ4v) is 2.44. The Balaban J connectivity index is 2.04. The molecule has 1 saturated heterocycles. The topological polar surface area (TPSA) is 24.5 Å². The van der Waals surface area contributed by atoms with Crippen LogP contribution >= 0.6 is 0 Å². The molecule has 1 fully saturated rings. The number of nitrogens with one attached hydrogen (secondary N) is 1. The summed E-state index contributed by atoms with van der Waals surface area (Å²) in [6, 6.07) is 4.40. The molecular formula is C15H24N2O. The van der Waals surface area contributed by atoms with Gasteiger partial charge in [-0.3, -0.25) is 0 Å². The first-order chi connectivity index (χ1) is 8.60. The molecule has 3 nitrogen and oxygen atoms in total. The van der Waals surface area contributed by atoms with Crippen LogP contribution in [0.3, 0.4) is 0 Å². The van der Waals surface area contributed by atoms with E-state index in [1.54, 1.807) is 7.11 Å². The summed E-state index contributed by atoms with van der Waals surface area (Å²) < 4.78 is 5.49. The second-order valence-electron chi connectivity index (χ2n) is 5.47. The van der Waals surface area contributed by atoms with E-state index in [0.717, 1.165) is 37.8 Å². The Morgan fingerprint density at radius 2 is 1.94 bits per heavy atom. The molecule has 0 amide bonds. The van der Waals surface area contributed by atoms with Crippen molar-refractivity contribution < 1.29 is 4.74 Å². The van der Waals surface area contributed by atoms with Gasteiger partial charge in [-0.2, -0.15) is 0 Å². The lowest BCUT2D eigenvalue weighted by molar-refractivity contribution is 0.217. The Labute approximate surface area is 110 Å². The second-order valence-corrected chi connectivity index (χ2v) is 5.47. The molecule has 1 N–H and O–H groups in total. The van der Waals surface area contributed by atoms with Crippen LogP contribution in [0.5, 0.6) is 5.75 Å². The maximum Gasteiger partial charge on any atom is 0.123 e. The number of hydrogen-bond donors (Lipinski definition) is 1. The number of benzene rings is 1. The molecule has 0 bridgehead atoms. The summed E-state index contributed by atoms with van der Waals surface area (Å²) in [5.74, 6) is 1.82. The molecule has 100 valence electrons. The van der Waals surface area contributed by atoms with Crippen molar-refractivity contribution >= 4 is 0 Å². The Hall–Kier alpha value is -1.06. The lowest BCUT2D eigenvalue weighted by atomic mass is 10.0. The van der Waals surface area contributed by atoms with E-state index in [4.69, 9.17) is 4.74 Å². The molecule has 0 saturated carbocycles. The molecule has 18 heavy (non-hydrogen) atoms. The summed E-state index contributed by atoms with van der Waals surface area (Å²) >= 11 is 0. The average Bonchev–Trinajstić information content (AvgIpc) is 2.28. The van der Waals surface area contributed by atoms with E-state index >= 15 is 0 Å². The quantitative estimate of drug-likeness (QED) is 0.862.